The van der Waals surface area contributed by atoms with Crippen LogP contribution in [-0.2, 0) is 19.6 Å². The average Bonchev–Trinajstić information content (AvgIpc) is 2.84. The molecule has 0 aliphatic heterocycles. The molecular formula is C8H14N2O5S. The Morgan fingerprint density at radius 2 is 1.88 bits per heavy atom. The summed E-state index contributed by atoms with van der Waals surface area (Å²) in [5.74, 6) is -2.18. The molecule has 0 aromatic heterocycles. The number of hydrogen-bond acceptors (Lipinski definition) is 4. The van der Waals surface area contributed by atoms with Crippen LogP contribution in [0, 0.1) is 5.92 Å². The summed E-state index contributed by atoms with van der Waals surface area (Å²) < 4.78 is 24.0. The molecule has 1 fully saturated rings. The number of nitrogens with two attached hydrogens (primary N) is 1. The van der Waals surface area contributed by atoms with Crippen LogP contribution in [0.4, 0.5) is 0 Å². The van der Waals surface area contributed by atoms with Crippen molar-refractivity contribution in [1.82, 2.24) is 4.31 Å². The minimum absolute atomic E-state index is 0.0918. The fraction of sp³-hybridized carbons (Fsp3) is 0.750. The molecule has 0 radical (unpaired) electrons. The molecule has 0 atom stereocenters. The second-order valence-electron chi connectivity index (χ2n) is 3.85. The van der Waals surface area contributed by atoms with Crippen molar-refractivity contribution in [1.29, 1.82) is 0 Å². The third-order valence-electron chi connectivity index (χ3n) is 2.18. The van der Waals surface area contributed by atoms with E-state index in [1.54, 1.807) is 0 Å². The topological polar surface area (TPSA) is 118 Å². The van der Waals surface area contributed by atoms with Crippen LogP contribution < -0.4 is 5.73 Å². The molecule has 0 heterocycles. The van der Waals surface area contributed by atoms with Gasteiger partial charge in [0.2, 0.25) is 15.9 Å². The molecule has 92 valence electrons. The molecule has 0 aromatic carbocycles. The first kappa shape index (κ1) is 12.9. The number of carbonyl (C=O) groups is 2. The van der Waals surface area contributed by atoms with Gasteiger partial charge in [-0.25, -0.2) is 8.42 Å². The number of nitrogens with zero attached hydrogens (tertiary/aromatic N) is 1. The van der Waals surface area contributed by atoms with E-state index in [4.69, 9.17) is 10.8 Å². The van der Waals surface area contributed by atoms with Crippen LogP contribution in [-0.4, -0.2) is 48.5 Å². The minimum atomic E-state index is -3.70. The summed E-state index contributed by atoms with van der Waals surface area (Å²) in [5, 5.41) is 8.55. The third-order valence-corrected chi connectivity index (χ3v) is 4.12. The van der Waals surface area contributed by atoms with Gasteiger partial charge in [0.05, 0.1) is 12.3 Å². The minimum Gasteiger partial charge on any atom is -0.480 e. The van der Waals surface area contributed by atoms with E-state index >= 15 is 0 Å². The first-order chi connectivity index (χ1) is 7.31. The lowest BCUT2D eigenvalue weighted by molar-refractivity contribution is -0.137. The predicted octanol–water partition coefficient (Wildman–Crippen LogP) is -1.40. The molecule has 1 saturated carbocycles. The number of carboxylic acid groups (broad SMARTS) is 1. The quantitative estimate of drug-likeness (QED) is 0.576. The van der Waals surface area contributed by atoms with E-state index in [0.29, 0.717) is 4.31 Å². The Bertz CT molecular complexity index is 371. The Morgan fingerprint density at radius 3 is 2.25 bits per heavy atom. The van der Waals surface area contributed by atoms with Crippen LogP contribution in [0.15, 0.2) is 0 Å². The highest BCUT2D eigenvalue weighted by Gasteiger charge is 2.33. The molecule has 8 heteroatoms. The lowest BCUT2D eigenvalue weighted by atomic mass is 10.5. The van der Waals surface area contributed by atoms with E-state index in [1.165, 1.54) is 0 Å². The van der Waals surface area contributed by atoms with Crippen molar-refractivity contribution in [3.63, 3.8) is 0 Å². The van der Waals surface area contributed by atoms with Gasteiger partial charge in [0.1, 0.15) is 6.54 Å². The Kier molecular flexibility index (Phi) is 3.87. The Balaban J connectivity index is 2.71. The molecule has 7 nitrogen and oxygen atoms in total. The molecule has 0 saturated heterocycles. The summed E-state index contributed by atoms with van der Waals surface area (Å²) in [5.41, 5.74) is 4.87. The maximum absolute atomic E-state index is 11.7. The highest BCUT2D eigenvalue weighted by atomic mass is 32.2. The third kappa shape index (κ3) is 4.15. The van der Waals surface area contributed by atoms with Crippen molar-refractivity contribution in [3.05, 3.63) is 0 Å². The number of hydrogen-bond donors (Lipinski definition) is 2. The molecule has 0 spiro atoms. The van der Waals surface area contributed by atoms with E-state index in [9.17, 15) is 18.0 Å². The molecular weight excluding hydrogens is 236 g/mol. The summed E-state index contributed by atoms with van der Waals surface area (Å²) >= 11 is 0. The van der Waals surface area contributed by atoms with Crippen molar-refractivity contribution < 1.29 is 23.1 Å². The van der Waals surface area contributed by atoms with Gasteiger partial charge in [-0.2, -0.15) is 4.31 Å². The van der Waals surface area contributed by atoms with E-state index < -0.39 is 35.0 Å². The lowest BCUT2D eigenvalue weighted by Gasteiger charge is -2.18. The first-order valence-corrected chi connectivity index (χ1v) is 6.40. The summed E-state index contributed by atoms with van der Waals surface area (Å²) in [6, 6.07) is 0. The summed E-state index contributed by atoms with van der Waals surface area (Å²) in [7, 11) is -3.70. The molecule has 0 bridgehead atoms. The highest BCUT2D eigenvalue weighted by Crippen LogP contribution is 2.31. The standard InChI is InChI=1S/C8H14N2O5S/c9-7(11)3-10(4-8(12)13)16(14,15)5-6-1-2-6/h6H,1-5H2,(H2,9,11)(H,12,13). The SMILES string of the molecule is NC(=O)CN(CC(=O)O)S(=O)(=O)CC1CC1. The second-order valence-corrected chi connectivity index (χ2v) is 5.86. The van der Waals surface area contributed by atoms with Crippen molar-refractivity contribution in [2.45, 2.75) is 12.8 Å². The predicted molar refractivity (Wildman–Crippen MR) is 54.9 cm³/mol. The van der Waals surface area contributed by atoms with E-state index in [1.807, 2.05) is 0 Å². The number of aliphatic carboxylic acids is 1. The van der Waals surface area contributed by atoms with Crippen LogP contribution in [0.2, 0.25) is 0 Å². The summed E-state index contributed by atoms with van der Waals surface area (Å²) in [6.45, 7) is -1.31. The van der Waals surface area contributed by atoms with E-state index in [2.05, 4.69) is 0 Å². The van der Waals surface area contributed by atoms with Crippen LogP contribution in [0.1, 0.15) is 12.8 Å². The largest absolute Gasteiger partial charge is 0.480 e. The fourth-order valence-corrected chi connectivity index (χ4v) is 3.04. The zero-order valence-electron chi connectivity index (χ0n) is 8.63. The zero-order chi connectivity index (χ0) is 12.3. The number of rotatable bonds is 7. The van der Waals surface area contributed by atoms with Gasteiger partial charge >= 0.3 is 5.97 Å². The Morgan fingerprint density at radius 1 is 1.31 bits per heavy atom. The van der Waals surface area contributed by atoms with Gasteiger partial charge in [0, 0.05) is 0 Å². The van der Waals surface area contributed by atoms with E-state index in [0.717, 1.165) is 12.8 Å². The highest BCUT2D eigenvalue weighted by molar-refractivity contribution is 7.89. The second kappa shape index (κ2) is 4.79. The van der Waals surface area contributed by atoms with Crippen LogP contribution in [0.3, 0.4) is 0 Å². The van der Waals surface area contributed by atoms with Gasteiger partial charge in [0.15, 0.2) is 0 Å². The van der Waals surface area contributed by atoms with Crippen LogP contribution in [0.25, 0.3) is 0 Å². The number of amides is 1. The molecule has 16 heavy (non-hydrogen) atoms. The van der Waals surface area contributed by atoms with Crippen molar-refractivity contribution >= 4 is 21.9 Å². The van der Waals surface area contributed by atoms with Crippen molar-refractivity contribution in [2.75, 3.05) is 18.8 Å². The van der Waals surface area contributed by atoms with Crippen molar-refractivity contribution in [3.8, 4) is 0 Å². The zero-order valence-corrected chi connectivity index (χ0v) is 9.44. The Hall–Kier alpha value is -1.15. The molecule has 0 unspecified atom stereocenters. The number of sulfonamides is 1. The monoisotopic (exact) mass is 250 g/mol. The molecule has 1 aliphatic rings. The molecule has 1 aliphatic carbocycles. The maximum atomic E-state index is 11.7. The van der Waals surface area contributed by atoms with Gasteiger partial charge in [-0.05, 0) is 18.8 Å². The van der Waals surface area contributed by atoms with Crippen LogP contribution in [0.5, 0.6) is 0 Å². The smallest absolute Gasteiger partial charge is 0.318 e. The normalized spacial score (nSPS) is 16.3. The Labute approximate surface area is 93.3 Å². The van der Waals surface area contributed by atoms with Gasteiger partial charge < -0.3 is 10.8 Å². The summed E-state index contributed by atoms with van der Waals surface area (Å²) in [4.78, 5) is 21.1. The maximum Gasteiger partial charge on any atom is 0.318 e. The molecule has 3 N–H and O–H groups in total. The van der Waals surface area contributed by atoms with Crippen molar-refractivity contribution in [2.24, 2.45) is 11.7 Å². The van der Waals surface area contributed by atoms with Crippen LogP contribution >= 0.6 is 0 Å². The van der Waals surface area contributed by atoms with Gasteiger partial charge in [0.25, 0.3) is 0 Å². The molecule has 0 aromatic rings. The van der Waals surface area contributed by atoms with E-state index in [-0.39, 0.29) is 11.7 Å². The molecule has 1 rings (SSSR count). The summed E-state index contributed by atoms with van der Waals surface area (Å²) in [6.07, 6.45) is 1.66. The molecule has 1 amide bonds. The fourth-order valence-electron chi connectivity index (χ4n) is 1.27. The number of carbonyl (C=O) groups excluding carboxylic acids is 1. The lowest BCUT2D eigenvalue weighted by Crippen LogP contribution is -2.42. The van der Waals surface area contributed by atoms with Gasteiger partial charge in [-0.1, -0.05) is 0 Å². The first-order valence-electron chi connectivity index (χ1n) is 4.79. The number of carboxylic acids is 1. The van der Waals surface area contributed by atoms with Gasteiger partial charge in [-0.15, -0.1) is 0 Å². The number of primary amides is 1. The van der Waals surface area contributed by atoms with Gasteiger partial charge in [-0.3, -0.25) is 9.59 Å². The average molecular weight is 250 g/mol.